The first-order valence-electron chi connectivity index (χ1n) is 12.7. The Balaban J connectivity index is 1.43. The second-order valence-electron chi connectivity index (χ2n) is 9.55. The van der Waals surface area contributed by atoms with E-state index in [1.54, 1.807) is 11.3 Å². The lowest BCUT2D eigenvalue weighted by atomic mass is 9.99. The lowest BCUT2D eigenvalue weighted by molar-refractivity contribution is 0.669. The largest absolute Gasteiger partial charge is 0.456 e. The Kier molecular flexibility index (Phi) is 4.79. The molecule has 0 amide bonds. The van der Waals surface area contributed by atoms with E-state index in [4.69, 9.17) is 19.4 Å². The molecule has 3 aromatic heterocycles. The molecule has 3 heterocycles. The second kappa shape index (κ2) is 8.47. The summed E-state index contributed by atoms with van der Waals surface area (Å²) in [4.78, 5) is 15.3. The van der Waals surface area contributed by atoms with Crippen LogP contribution in [0.1, 0.15) is 18.2 Å². The molecule has 4 aromatic carbocycles. The number of furan rings is 1. The Labute approximate surface area is 222 Å². The van der Waals surface area contributed by atoms with Gasteiger partial charge in [0.15, 0.2) is 11.6 Å². The van der Waals surface area contributed by atoms with E-state index in [1.807, 2.05) is 30.3 Å². The Hall–Kier alpha value is -4.61. The Morgan fingerprint density at radius 2 is 1.34 bits per heavy atom. The highest BCUT2D eigenvalue weighted by molar-refractivity contribution is 7.25. The number of thiophene rings is 1. The molecule has 4 nitrogen and oxygen atoms in total. The Morgan fingerprint density at radius 3 is 2.18 bits per heavy atom. The fraction of sp³-hybridized carbons (Fsp3) is 0.0606. The van der Waals surface area contributed by atoms with Gasteiger partial charge in [0.1, 0.15) is 17.0 Å². The van der Waals surface area contributed by atoms with Gasteiger partial charge in [0, 0.05) is 48.0 Å². The van der Waals surface area contributed by atoms with Crippen LogP contribution in [-0.4, -0.2) is 15.0 Å². The molecule has 7 aromatic rings. The number of hydrogen-bond donors (Lipinski definition) is 0. The summed E-state index contributed by atoms with van der Waals surface area (Å²) in [5.74, 6) is 2.25. The number of aromatic nitrogens is 3. The molecule has 8 rings (SSSR count). The van der Waals surface area contributed by atoms with Crippen LogP contribution in [0.5, 0.6) is 0 Å². The molecule has 0 spiro atoms. The van der Waals surface area contributed by atoms with Gasteiger partial charge < -0.3 is 4.42 Å². The van der Waals surface area contributed by atoms with E-state index < -0.39 is 0 Å². The monoisotopic (exact) mass is 507 g/mol. The SMILES string of the molecule is C1=CCC(c2nc(-c3cccc4oc5ccccc5c34)nc(-c3cccc4sc5ccccc5c34)n2)C=C1. The predicted molar refractivity (Wildman–Crippen MR) is 157 cm³/mol. The van der Waals surface area contributed by atoms with Crippen LogP contribution >= 0.6 is 11.3 Å². The molecule has 0 fully saturated rings. The third-order valence-corrected chi connectivity index (χ3v) is 8.39. The van der Waals surface area contributed by atoms with Crippen LogP contribution in [-0.2, 0) is 0 Å². The maximum absolute atomic E-state index is 6.18. The molecule has 0 aliphatic heterocycles. The Morgan fingerprint density at radius 1 is 0.632 bits per heavy atom. The summed E-state index contributed by atoms with van der Waals surface area (Å²) in [5.41, 5.74) is 3.68. The second-order valence-corrected chi connectivity index (χ2v) is 10.6. The molecule has 1 unspecified atom stereocenters. The highest BCUT2D eigenvalue weighted by atomic mass is 32.1. The molecular formula is C33H21N3OS. The minimum Gasteiger partial charge on any atom is -0.456 e. The molecule has 5 heteroatoms. The zero-order chi connectivity index (χ0) is 25.1. The van der Waals surface area contributed by atoms with E-state index in [9.17, 15) is 0 Å². The lowest BCUT2D eigenvalue weighted by Gasteiger charge is -2.15. The van der Waals surface area contributed by atoms with Gasteiger partial charge in [-0.15, -0.1) is 11.3 Å². The maximum Gasteiger partial charge on any atom is 0.164 e. The third kappa shape index (κ3) is 3.32. The third-order valence-electron chi connectivity index (χ3n) is 7.25. The summed E-state index contributed by atoms with van der Waals surface area (Å²) >= 11 is 1.80. The van der Waals surface area contributed by atoms with Gasteiger partial charge in [-0.05, 0) is 30.7 Å². The van der Waals surface area contributed by atoms with E-state index in [2.05, 4.69) is 78.9 Å². The molecule has 1 aliphatic rings. The van der Waals surface area contributed by atoms with Gasteiger partial charge in [0.05, 0.1) is 0 Å². The molecule has 180 valence electrons. The number of para-hydroxylation sites is 1. The maximum atomic E-state index is 6.18. The summed E-state index contributed by atoms with van der Waals surface area (Å²) in [5, 5.41) is 4.52. The molecule has 0 N–H and O–H groups in total. The van der Waals surface area contributed by atoms with Crippen molar-refractivity contribution in [3.63, 3.8) is 0 Å². The van der Waals surface area contributed by atoms with Crippen molar-refractivity contribution in [1.29, 1.82) is 0 Å². The van der Waals surface area contributed by atoms with Gasteiger partial charge in [-0.1, -0.05) is 85.0 Å². The van der Waals surface area contributed by atoms with Crippen LogP contribution in [0, 0.1) is 0 Å². The van der Waals surface area contributed by atoms with Crippen molar-refractivity contribution in [2.24, 2.45) is 0 Å². The summed E-state index contributed by atoms with van der Waals surface area (Å²) in [6.07, 6.45) is 9.37. The van der Waals surface area contributed by atoms with Crippen molar-refractivity contribution < 1.29 is 4.42 Å². The first-order chi connectivity index (χ1) is 18.8. The highest BCUT2D eigenvalue weighted by Gasteiger charge is 2.21. The molecule has 0 saturated carbocycles. The molecule has 1 aliphatic carbocycles. The molecule has 1 atom stereocenters. The van der Waals surface area contributed by atoms with Gasteiger partial charge in [-0.25, -0.2) is 15.0 Å². The number of allylic oxidation sites excluding steroid dienone is 4. The van der Waals surface area contributed by atoms with Gasteiger partial charge in [0.2, 0.25) is 0 Å². The molecule has 0 saturated heterocycles. The first-order valence-corrected chi connectivity index (χ1v) is 13.6. The smallest absolute Gasteiger partial charge is 0.164 e. The van der Waals surface area contributed by atoms with Crippen LogP contribution in [0.2, 0.25) is 0 Å². The zero-order valence-electron chi connectivity index (χ0n) is 20.3. The number of fused-ring (bicyclic) bond motifs is 6. The standard InChI is InChI=1S/C33H21N3OS/c1-2-10-20(11-3-1)31-34-32(23-14-8-17-26-29(23)21-12-4-6-16-25(21)37-26)36-33(35-31)24-15-9-19-28-30(24)22-13-5-7-18-27(22)38-28/h1-10,12-20H,11H2. The molecular weight excluding hydrogens is 486 g/mol. The number of benzene rings is 4. The summed E-state index contributed by atoms with van der Waals surface area (Å²) in [7, 11) is 0. The zero-order valence-corrected chi connectivity index (χ0v) is 21.2. The normalized spacial score (nSPS) is 15.3. The van der Waals surface area contributed by atoms with Gasteiger partial charge >= 0.3 is 0 Å². The first kappa shape index (κ1) is 21.5. The Bertz CT molecular complexity index is 1950. The van der Waals surface area contributed by atoms with Crippen LogP contribution in [0.4, 0.5) is 0 Å². The average Bonchev–Trinajstić information content (AvgIpc) is 3.56. The molecule has 0 bridgehead atoms. The van der Waals surface area contributed by atoms with E-state index in [0.717, 1.165) is 45.3 Å². The van der Waals surface area contributed by atoms with Crippen LogP contribution in [0.3, 0.4) is 0 Å². The van der Waals surface area contributed by atoms with E-state index >= 15 is 0 Å². The fourth-order valence-corrected chi connectivity index (χ4v) is 6.63. The van der Waals surface area contributed by atoms with E-state index in [1.165, 1.54) is 20.2 Å². The van der Waals surface area contributed by atoms with Gasteiger partial charge in [0.25, 0.3) is 0 Å². The van der Waals surface area contributed by atoms with Crippen molar-refractivity contribution in [1.82, 2.24) is 15.0 Å². The topological polar surface area (TPSA) is 51.8 Å². The van der Waals surface area contributed by atoms with Gasteiger partial charge in [-0.2, -0.15) is 0 Å². The number of hydrogen-bond acceptors (Lipinski definition) is 5. The van der Waals surface area contributed by atoms with Crippen molar-refractivity contribution in [2.45, 2.75) is 12.3 Å². The van der Waals surface area contributed by atoms with E-state index in [-0.39, 0.29) is 5.92 Å². The predicted octanol–water partition coefficient (Wildman–Crippen LogP) is 9.07. The van der Waals surface area contributed by atoms with Crippen molar-refractivity contribution in [3.05, 3.63) is 115 Å². The molecule has 0 radical (unpaired) electrons. The minimum absolute atomic E-state index is 0.0965. The highest BCUT2D eigenvalue weighted by Crippen LogP contribution is 2.41. The number of rotatable bonds is 3. The fourth-order valence-electron chi connectivity index (χ4n) is 5.49. The summed E-state index contributed by atoms with van der Waals surface area (Å²) in [6.45, 7) is 0. The van der Waals surface area contributed by atoms with Crippen molar-refractivity contribution >= 4 is 53.4 Å². The van der Waals surface area contributed by atoms with Crippen LogP contribution in [0.25, 0.3) is 64.9 Å². The lowest BCUT2D eigenvalue weighted by Crippen LogP contribution is -2.08. The van der Waals surface area contributed by atoms with Crippen molar-refractivity contribution in [2.75, 3.05) is 0 Å². The summed E-state index contributed by atoms with van der Waals surface area (Å²) < 4.78 is 8.68. The van der Waals surface area contributed by atoms with Gasteiger partial charge in [-0.3, -0.25) is 0 Å². The van der Waals surface area contributed by atoms with E-state index in [0.29, 0.717) is 11.6 Å². The quantitative estimate of drug-likeness (QED) is 0.239. The van der Waals surface area contributed by atoms with Crippen LogP contribution in [0.15, 0.2) is 114 Å². The summed E-state index contributed by atoms with van der Waals surface area (Å²) in [6, 6.07) is 29.2. The van der Waals surface area contributed by atoms with Crippen molar-refractivity contribution in [3.8, 4) is 22.8 Å². The minimum atomic E-state index is 0.0965. The molecule has 38 heavy (non-hydrogen) atoms. The van der Waals surface area contributed by atoms with Crippen LogP contribution < -0.4 is 0 Å². The number of nitrogens with zero attached hydrogens (tertiary/aromatic N) is 3. The average molecular weight is 508 g/mol.